The number of hydrogen-bond acceptors (Lipinski definition) is 5. The van der Waals surface area contributed by atoms with Crippen LogP contribution < -0.4 is 5.73 Å². The van der Waals surface area contributed by atoms with Crippen molar-refractivity contribution in [1.29, 1.82) is 0 Å². The van der Waals surface area contributed by atoms with Crippen LogP contribution in [-0.4, -0.2) is 40.6 Å². The smallest absolute Gasteiger partial charge is 0.236 e. The fourth-order valence-corrected chi connectivity index (χ4v) is 2.31. The van der Waals surface area contributed by atoms with E-state index in [2.05, 4.69) is 28.9 Å². The molecule has 100 valence electrons. The van der Waals surface area contributed by atoms with Crippen molar-refractivity contribution in [3.8, 4) is 0 Å². The fourth-order valence-electron chi connectivity index (χ4n) is 2.31. The Balaban J connectivity index is 2.06. The standard InChI is InChI=1S/C12H20N4O2/c1-3-16-6-4-12(2,5-7-16)11-14-10(18-15-11)8-9(13)17/h3-8H2,1-2H3,(H2,13,17). The van der Waals surface area contributed by atoms with E-state index in [4.69, 9.17) is 10.3 Å². The molecule has 0 aliphatic carbocycles. The highest BCUT2D eigenvalue weighted by molar-refractivity contribution is 5.75. The van der Waals surface area contributed by atoms with Crippen LogP contribution in [0.5, 0.6) is 0 Å². The van der Waals surface area contributed by atoms with Gasteiger partial charge in [0.25, 0.3) is 0 Å². The highest BCUT2D eigenvalue weighted by atomic mass is 16.5. The monoisotopic (exact) mass is 252 g/mol. The minimum Gasteiger partial charge on any atom is -0.369 e. The molecule has 1 aromatic heterocycles. The maximum atomic E-state index is 10.8. The molecule has 6 nitrogen and oxygen atoms in total. The van der Waals surface area contributed by atoms with Crippen LogP contribution >= 0.6 is 0 Å². The molecule has 2 heterocycles. The van der Waals surface area contributed by atoms with Crippen LogP contribution in [-0.2, 0) is 16.6 Å². The number of carbonyl (C=O) groups excluding carboxylic acids is 1. The lowest BCUT2D eigenvalue weighted by molar-refractivity contribution is -0.117. The lowest BCUT2D eigenvalue weighted by Gasteiger charge is -2.36. The molecule has 0 radical (unpaired) electrons. The molecule has 0 aromatic carbocycles. The largest absolute Gasteiger partial charge is 0.369 e. The van der Waals surface area contributed by atoms with Crippen LogP contribution in [0.1, 0.15) is 38.4 Å². The lowest BCUT2D eigenvalue weighted by atomic mass is 9.79. The van der Waals surface area contributed by atoms with Gasteiger partial charge in [-0.3, -0.25) is 4.79 Å². The van der Waals surface area contributed by atoms with E-state index in [9.17, 15) is 4.79 Å². The Labute approximate surface area is 107 Å². The second kappa shape index (κ2) is 5.06. The fraction of sp³-hybridized carbons (Fsp3) is 0.750. The molecule has 0 atom stereocenters. The molecule has 2 rings (SSSR count). The Morgan fingerprint density at radius 2 is 2.17 bits per heavy atom. The average Bonchev–Trinajstić information content (AvgIpc) is 2.78. The highest BCUT2D eigenvalue weighted by Gasteiger charge is 2.35. The van der Waals surface area contributed by atoms with E-state index in [-0.39, 0.29) is 11.8 Å². The molecule has 1 aromatic rings. The van der Waals surface area contributed by atoms with Gasteiger partial charge in [0, 0.05) is 5.41 Å². The van der Waals surface area contributed by atoms with Crippen LogP contribution in [0.15, 0.2) is 4.52 Å². The zero-order valence-electron chi connectivity index (χ0n) is 11.0. The van der Waals surface area contributed by atoms with Gasteiger partial charge in [0.15, 0.2) is 5.82 Å². The first kappa shape index (κ1) is 13.0. The average molecular weight is 252 g/mol. The molecular formula is C12H20N4O2. The van der Waals surface area contributed by atoms with Crippen molar-refractivity contribution in [3.63, 3.8) is 0 Å². The number of nitrogens with two attached hydrogens (primary N) is 1. The van der Waals surface area contributed by atoms with Gasteiger partial charge < -0.3 is 15.2 Å². The summed E-state index contributed by atoms with van der Waals surface area (Å²) >= 11 is 0. The van der Waals surface area contributed by atoms with Crippen molar-refractivity contribution in [2.75, 3.05) is 19.6 Å². The van der Waals surface area contributed by atoms with Gasteiger partial charge in [0.1, 0.15) is 6.42 Å². The van der Waals surface area contributed by atoms with Crippen molar-refractivity contribution in [2.45, 2.75) is 38.5 Å². The van der Waals surface area contributed by atoms with E-state index in [0.29, 0.717) is 11.7 Å². The summed E-state index contributed by atoms with van der Waals surface area (Å²) < 4.78 is 5.07. The first-order valence-electron chi connectivity index (χ1n) is 6.37. The predicted octanol–water partition coefficient (Wildman–Crippen LogP) is 0.471. The van der Waals surface area contributed by atoms with Gasteiger partial charge in [-0.25, -0.2) is 0 Å². The quantitative estimate of drug-likeness (QED) is 0.842. The van der Waals surface area contributed by atoms with Crippen molar-refractivity contribution < 1.29 is 9.32 Å². The topological polar surface area (TPSA) is 85.3 Å². The normalized spacial score (nSPS) is 19.9. The molecule has 1 amide bonds. The summed E-state index contributed by atoms with van der Waals surface area (Å²) in [5.41, 5.74) is 5.06. The maximum Gasteiger partial charge on any atom is 0.236 e. The third-order valence-electron chi connectivity index (χ3n) is 3.74. The van der Waals surface area contributed by atoms with Crippen molar-refractivity contribution >= 4 is 5.91 Å². The third kappa shape index (κ3) is 2.69. The number of carbonyl (C=O) groups is 1. The molecule has 0 saturated carbocycles. The van der Waals surface area contributed by atoms with E-state index in [0.717, 1.165) is 32.5 Å². The van der Waals surface area contributed by atoms with Gasteiger partial charge in [-0.1, -0.05) is 19.0 Å². The minimum atomic E-state index is -0.448. The zero-order chi connectivity index (χ0) is 13.2. The van der Waals surface area contributed by atoms with Gasteiger partial charge in [-0.05, 0) is 32.5 Å². The van der Waals surface area contributed by atoms with Crippen molar-refractivity contribution in [2.24, 2.45) is 5.73 Å². The Hall–Kier alpha value is -1.43. The summed E-state index contributed by atoms with van der Waals surface area (Å²) in [4.78, 5) is 17.5. The van der Waals surface area contributed by atoms with Crippen LogP contribution in [0, 0.1) is 0 Å². The summed E-state index contributed by atoms with van der Waals surface area (Å²) in [7, 11) is 0. The van der Waals surface area contributed by atoms with E-state index in [1.807, 2.05) is 0 Å². The van der Waals surface area contributed by atoms with Crippen LogP contribution in [0.3, 0.4) is 0 Å². The van der Waals surface area contributed by atoms with Gasteiger partial charge in [-0.15, -0.1) is 0 Å². The molecule has 1 aliphatic heterocycles. The molecule has 6 heteroatoms. The maximum absolute atomic E-state index is 10.8. The Kier molecular flexibility index (Phi) is 3.65. The second-order valence-corrected chi connectivity index (χ2v) is 5.15. The number of aromatic nitrogens is 2. The minimum absolute atomic E-state index is 0.0180. The first-order chi connectivity index (χ1) is 8.53. The number of hydrogen-bond donors (Lipinski definition) is 1. The van der Waals surface area contributed by atoms with Gasteiger partial charge >= 0.3 is 0 Å². The Morgan fingerprint density at radius 3 is 2.72 bits per heavy atom. The SMILES string of the molecule is CCN1CCC(C)(c2noc(CC(N)=O)n2)CC1. The molecular weight excluding hydrogens is 232 g/mol. The highest BCUT2D eigenvalue weighted by Crippen LogP contribution is 2.32. The molecule has 0 unspecified atom stereocenters. The number of rotatable bonds is 4. The second-order valence-electron chi connectivity index (χ2n) is 5.15. The molecule has 0 bridgehead atoms. The van der Waals surface area contributed by atoms with E-state index < -0.39 is 5.91 Å². The van der Waals surface area contributed by atoms with E-state index in [1.54, 1.807) is 0 Å². The zero-order valence-corrected chi connectivity index (χ0v) is 11.0. The molecule has 1 fully saturated rings. The summed E-state index contributed by atoms with van der Waals surface area (Å²) in [5.74, 6) is 0.572. The summed E-state index contributed by atoms with van der Waals surface area (Å²) in [6.45, 7) is 7.50. The van der Waals surface area contributed by atoms with Crippen LogP contribution in [0.4, 0.5) is 0 Å². The summed E-state index contributed by atoms with van der Waals surface area (Å²) in [6.07, 6.45) is 2.04. The van der Waals surface area contributed by atoms with Gasteiger partial charge in [0.2, 0.25) is 11.8 Å². The molecule has 1 aliphatic rings. The first-order valence-corrected chi connectivity index (χ1v) is 6.37. The van der Waals surface area contributed by atoms with Gasteiger partial charge in [0.05, 0.1) is 0 Å². The Morgan fingerprint density at radius 1 is 1.50 bits per heavy atom. The number of primary amides is 1. The lowest BCUT2D eigenvalue weighted by Crippen LogP contribution is -2.41. The molecule has 18 heavy (non-hydrogen) atoms. The number of nitrogens with zero attached hydrogens (tertiary/aromatic N) is 3. The number of likely N-dealkylation sites (tertiary alicyclic amines) is 1. The third-order valence-corrected chi connectivity index (χ3v) is 3.74. The van der Waals surface area contributed by atoms with E-state index in [1.165, 1.54) is 0 Å². The molecule has 2 N–H and O–H groups in total. The summed E-state index contributed by atoms with van der Waals surface area (Å²) in [6, 6.07) is 0. The van der Waals surface area contributed by atoms with Crippen LogP contribution in [0.25, 0.3) is 0 Å². The molecule has 0 spiro atoms. The van der Waals surface area contributed by atoms with Crippen molar-refractivity contribution in [3.05, 3.63) is 11.7 Å². The molecule has 1 saturated heterocycles. The number of amides is 1. The predicted molar refractivity (Wildman–Crippen MR) is 65.9 cm³/mol. The van der Waals surface area contributed by atoms with Gasteiger partial charge in [-0.2, -0.15) is 4.98 Å². The summed E-state index contributed by atoms with van der Waals surface area (Å²) in [5, 5.41) is 4.00. The Bertz CT molecular complexity index is 421. The number of piperidine rings is 1. The van der Waals surface area contributed by atoms with Crippen molar-refractivity contribution in [1.82, 2.24) is 15.0 Å². The van der Waals surface area contributed by atoms with E-state index >= 15 is 0 Å². The van der Waals surface area contributed by atoms with Crippen LogP contribution in [0.2, 0.25) is 0 Å².